The fourth-order valence-corrected chi connectivity index (χ4v) is 1.07. The van der Waals surface area contributed by atoms with E-state index in [-0.39, 0.29) is 12.5 Å². The number of aliphatic hydroxyl groups excluding tert-OH is 1. The molecule has 0 aliphatic heterocycles. The fourth-order valence-electron chi connectivity index (χ4n) is 1.07. The molecule has 1 aromatic rings. The van der Waals surface area contributed by atoms with Crippen molar-refractivity contribution in [3.63, 3.8) is 0 Å². The van der Waals surface area contributed by atoms with Gasteiger partial charge in [-0.25, -0.2) is 0 Å². The van der Waals surface area contributed by atoms with Crippen LogP contribution in [0.25, 0.3) is 0 Å². The largest absolute Gasteiger partial charge is 0.396 e. The summed E-state index contributed by atoms with van der Waals surface area (Å²) in [6, 6.07) is 1.76. The van der Waals surface area contributed by atoms with Gasteiger partial charge in [-0.1, -0.05) is 0 Å². The van der Waals surface area contributed by atoms with Crippen LogP contribution in [0.15, 0.2) is 18.5 Å². The van der Waals surface area contributed by atoms with E-state index in [0.29, 0.717) is 12.8 Å². The lowest BCUT2D eigenvalue weighted by atomic mass is 10.2. The van der Waals surface area contributed by atoms with Crippen molar-refractivity contribution in [1.82, 2.24) is 4.98 Å². The molecule has 1 rings (SSSR count). The topological polar surface area (TPSA) is 62.2 Å². The Morgan fingerprint density at radius 3 is 3.07 bits per heavy atom. The second-order valence-electron chi connectivity index (χ2n) is 3.07. The van der Waals surface area contributed by atoms with Gasteiger partial charge in [-0.2, -0.15) is 0 Å². The molecular formula is C10H14N2O2. The van der Waals surface area contributed by atoms with Gasteiger partial charge in [0.1, 0.15) is 0 Å². The third kappa shape index (κ3) is 3.14. The molecule has 0 aliphatic carbocycles. The molecule has 14 heavy (non-hydrogen) atoms. The van der Waals surface area contributed by atoms with Crippen molar-refractivity contribution in [2.45, 2.75) is 19.8 Å². The van der Waals surface area contributed by atoms with Crippen LogP contribution < -0.4 is 5.32 Å². The summed E-state index contributed by atoms with van der Waals surface area (Å²) < 4.78 is 0. The number of carbonyl (C=O) groups is 1. The average Bonchev–Trinajstić information content (AvgIpc) is 2.18. The summed E-state index contributed by atoms with van der Waals surface area (Å²) in [4.78, 5) is 15.2. The van der Waals surface area contributed by atoms with Crippen LogP contribution in [-0.2, 0) is 4.79 Å². The van der Waals surface area contributed by atoms with Crippen LogP contribution in [0, 0.1) is 6.92 Å². The first kappa shape index (κ1) is 10.7. The van der Waals surface area contributed by atoms with Gasteiger partial charge in [-0.15, -0.1) is 0 Å². The van der Waals surface area contributed by atoms with E-state index >= 15 is 0 Å². The minimum Gasteiger partial charge on any atom is -0.396 e. The van der Waals surface area contributed by atoms with E-state index in [1.807, 2.05) is 6.92 Å². The summed E-state index contributed by atoms with van der Waals surface area (Å²) in [5, 5.41) is 11.3. The zero-order valence-corrected chi connectivity index (χ0v) is 8.16. The first-order valence-corrected chi connectivity index (χ1v) is 4.55. The number of amides is 1. The Labute approximate surface area is 83.0 Å². The first-order valence-electron chi connectivity index (χ1n) is 4.55. The Balaban J connectivity index is 2.52. The predicted molar refractivity (Wildman–Crippen MR) is 53.9 cm³/mol. The third-order valence-corrected chi connectivity index (χ3v) is 1.86. The Hall–Kier alpha value is -1.42. The monoisotopic (exact) mass is 194 g/mol. The fraction of sp³-hybridized carbons (Fsp3) is 0.400. The summed E-state index contributed by atoms with van der Waals surface area (Å²) in [6.07, 6.45) is 4.17. The van der Waals surface area contributed by atoms with Crippen molar-refractivity contribution in [1.29, 1.82) is 0 Å². The van der Waals surface area contributed by atoms with Crippen molar-refractivity contribution in [2.24, 2.45) is 0 Å². The van der Waals surface area contributed by atoms with Crippen LogP contribution in [0.4, 0.5) is 5.69 Å². The molecule has 2 N–H and O–H groups in total. The standard InChI is InChI=1S/C10H14N2O2/c1-8-7-11-5-4-9(8)12-10(14)3-2-6-13/h4-5,7,13H,2-3,6H2,1H3,(H,11,12,14). The second-order valence-corrected chi connectivity index (χ2v) is 3.07. The van der Waals surface area contributed by atoms with Crippen molar-refractivity contribution < 1.29 is 9.90 Å². The van der Waals surface area contributed by atoms with Gasteiger partial charge in [-0.05, 0) is 25.0 Å². The Kier molecular flexibility index (Phi) is 4.07. The SMILES string of the molecule is Cc1cnccc1NC(=O)CCCO. The highest BCUT2D eigenvalue weighted by molar-refractivity contribution is 5.91. The molecule has 0 fully saturated rings. The van der Waals surface area contributed by atoms with Crippen LogP contribution >= 0.6 is 0 Å². The van der Waals surface area contributed by atoms with Crippen molar-refractivity contribution in [3.8, 4) is 0 Å². The van der Waals surface area contributed by atoms with Gasteiger partial charge in [0.25, 0.3) is 0 Å². The molecule has 0 bridgehead atoms. The maximum absolute atomic E-state index is 11.3. The minimum atomic E-state index is -0.0756. The van der Waals surface area contributed by atoms with Gasteiger partial charge in [0, 0.05) is 31.1 Å². The van der Waals surface area contributed by atoms with Crippen molar-refractivity contribution in [2.75, 3.05) is 11.9 Å². The second kappa shape index (κ2) is 5.34. The highest BCUT2D eigenvalue weighted by atomic mass is 16.3. The minimum absolute atomic E-state index is 0.0444. The number of aryl methyl sites for hydroxylation is 1. The van der Waals surface area contributed by atoms with Crippen LogP contribution in [0.3, 0.4) is 0 Å². The summed E-state index contributed by atoms with van der Waals surface area (Å²) in [7, 11) is 0. The zero-order valence-electron chi connectivity index (χ0n) is 8.16. The van der Waals surface area contributed by atoms with Gasteiger partial charge in [0.15, 0.2) is 0 Å². The van der Waals surface area contributed by atoms with E-state index in [0.717, 1.165) is 11.3 Å². The number of pyridine rings is 1. The molecule has 0 saturated carbocycles. The predicted octanol–water partition coefficient (Wildman–Crippen LogP) is 1.10. The maximum Gasteiger partial charge on any atom is 0.224 e. The third-order valence-electron chi connectivity index (χ3n) is 1.86. The molecule has 0 spiro atoms. The van der Waals surface area contributed by atoms with Crippen molar-refractivity contribution in [3.05, 3.63) is 24.0 Å². The highest BCUT2D eigenvalue weighted by Crippen LogP contribution is 2.11. The number of carbonyl (C=O) groups excluding carboxylic acids is 1. The number of aliphatic hydroxyl groups is 1. The van der Waals surface area contributed by atoms with E-state index in [2.05, 4.69) is 10.3 Å². The molecule has 0 aromatic carbocycles. The van der Waals surface area contributed by atoms with Gasteiger partial charge < -0.3 is 10.4 Å². The summed E-state index contributed by atoms with van der Waals surface area (Å²) in [6.45, 7) is 1.93. The quantitative estimate of drug-likeness (QED) is 0.754. The van der Waals surface area contributed by atoms with E-state index < -0.39 is 0 Å². The van der Waals surface area contributed by atoms with Crippen molar-refractivity contribution >= 4 is 11.6 Å². The number of hydrogen-bond acceptors (Lipinski definition) is 3. The highest BCUT2D eigenvalue weighted by Gasteiger charge is 2.03. The van der Waals surface area contributed by atoms with Gasteiger partial charge in [0.05, 0.1) is 0 Å². The number of anilines is 1. The molecule has 0 radical (unpaired) electrons. The number of aromatic nitrogens is 1. The molecule has 0 unspecified atom stereocenters. The first-order chi connectivity index (χ1) is 6.74. The number of hydrogen-bond donors (Lipinski definition) is 2. The van der Waals surface area contributed by atoms with E-state index in [4.69, 9.17) is 5.11 Å². The maximum atomic E-state index is 11.3. The van der Waals surface area contributed by atoms with Crippen LogP contribution in [-0.4, -0.2) is 22.6 Å². The normalized spacial score (nSPS) is 9.86. The molecule has 76 valence electrons. The van der Waals surface area contributed by atoms with Gasteiger partial charge in [-0.3, -0.25) is 9.78 Å². The smallest absolute Gasteiger partial charge is 0.224 e. The molecule has 0 aliphatic rings. The molecule has 0 saturated heterocycles. The molecular weight excluding hydrogens is 180 g/mol. The van der Waals surface area contributed by atoms with Gasteiger partial charge in [0.2, 0.25) is 5.91 Å². The Morgan fingerprint density at radius 1 is 1.64 bits per heavy atom. The number of nitrogens with one attached hydrogen (secondary N) is 1. The molecule has 0 atom stereocenters. The van der Waals surface area contributed by atoms with Gasteiger partial charge >= 0.3 is 0 Å². The van der Waals surface area contributed by atoms with Crippen LogP contribution in [0.1, 0.15) is 18.4 Å². The lowest BCUT2D eigenvalue weighted by Gasteiger charge is -2.06. The number of rotatable bonds is 4. The summed E-state index contributed by atoms with van der Waals surface area (Å²) >= 11 is 0. The van der Waals surface area contributed by atoms with Crippen LogP contribution in [0.2, 0.25) is 0 Å². The van der Waals surface area contributed by atoms with Crippen LogP contribution in [0.5, 0.6) is 0 Å². The molecule has 1 amide bonds. The summed E-state index contributed by atoms with van der Waals surface area (Å²) in [5.74, 6) is -0.0756. The lowest BCUT2D eigenvalue weighted by molar-refractivity contribution is -0.116. The van der Waals surface area contributed by atoms with E-state index in [1.165, 1.54) is 0 Å². The lowest BCUT2D eigenvalue weighted by Crippen LogP contribution is -2.12. The van der Waals surface area contributed by atoms with E-state index in [1.54, 1.807) is 18.5 Å². The molecule has 1 heterocycles. The molecule has 1 aromatic heterocycles. The average molecular weight is 194 g/mol. The zero-order chi connectivity index (χ0) is 10.4. The Morgan fingerprint density at radius 2 is 2.43 bits per heavy atom. The Bertz CT molecular complexity index is 313. The number of nitrogens with zero attached hydrogens (tertiary/aromatic N) is 1. The van der Waals surface area contributed by atoms with E-state index in [9.17, 15) is 4.79 Å². The molecule has 4 nitrogen and oxygen atoms in total. The molecule has 4 heteroatoms. The summed E-state index contributed by atoms with van der Waals surface area (Å²) in [5.41, 5.74) is 1.72.